The number of nitrogens with zero attached hydrogens (tertiary/aromatic N) is 4. The third-order valence-electron chi connectivity index (χ3n) is 4.01. The summed E-state index contributed by atoms with van der Waals surface area (Å²) < 4.78 is 15.9. The Morgan fingerprint density at radius 1 is 1.28 bits per heavy atom. The molecule has 0 unspecified atom stereocenters. The first-order valence-corrected chi connectivity index (χ1v) is 7.85. The van der Waals surface area contributed by atoms with Crippen molar-refractivity contribution in [1.29, 1.82) is 0 Å². The van der Waals surface area contributed by atoms with Crippen molar-refractivity contribution in [3.63, 3.8) is 0 Å². The molecule has 25 heavy (non-hydrogen) atoms. The largest absolute Gasteiger partial charge is 0.504 e. The maximum atomic E-state index is 14.5. The lowest BCUT2D eigenvalue weighted by molar-refractivity contribution is 0.437. The molecule has 4 aromatic rings. The van der Waals surface area contributed by atoms with Crippen molar-refractivity contribution in [2.75, 3.05) is 12.4 Å². The number of aryl methyl sites for hydroxylation is 1. The maximum absolute atomic E-state index is 14.5. The first kappa shape index (κ1) is 15.6. The first-order valence-electron chi connectivity index (χ1n) is 7.47. The zero-order chi connectivity index (χ0) is 17.7. The minimum absolute atomic E-state index is 0.104. The van der Waals surface area contributed by atoms with Gasteiger partial charge in [0, 0.05) is 36.6 Å². The fourth-order valence-corrected chi connectivity index (χ4v) is 3.02. The molecule has 0 saturated carbocycles. The van der Waals surface area contributed by atoms with Crippen molar-refractivity contribution in [2.45, 2.75) is 0 Å². The Morgan fingerprint density at radius 3 is 2.84 bits per heavy atom. The quantitative estimate of drug-likeness (QED) is 0.571. The molecule has 0 bridgehead atoms. The van der Waals surface area contributed by atoms with Gasteiger partial charge in [-0.05, 0) is 18.2 Å². The molecule has 0 atom stereocenters. The molecule has 0 amide bonds. The van der Waals surface area contributed by atoms with Gasteiger partial charge in [-0.2, -0.15) is 5.10 Å². The van der Waals surface area contributed by atoms with Crippen LogP contribution in [0.2, 0.25) is 5.02 Å². The second-order valence-electron chi connectivity index (χ2n) is 5.66. The number of fused-ring (bicyclic) bond motifs is 2. The number of phenolic OH excluding ortho intramolecular Hbond substituents is 1. The van der Waals surface area contributed by atoms with E-state index >= 15 is 0 Å². The lowest BCUT2D eigenvalue weighted by Crippen LogP contribution is -1.94. The van der Waals surface area contributed by atoms with E-state index in [1.165, 1.54) is 4.68 Å². The van der Waals surface area contributed by atoms with Gasteiger partial charge in [0.1, 0.15) is 5.52 Å². The third-order valence-corrected chi connectivity index (χ3v) is 4.32. The summed E-state index contributed by atoms with van der Waals surface area (Å²) in [6.45, 7) is 0. The maximum Gasteiger partial charge on any atom is 0.193 e. The Balaban J connectivity index is 1.98. The van der Waals surface area contributed by atoms with Gasteiger partial charge in [0.15, 0.2) is 17.2 Å². The molecule has 0 radical (unpaired) electrons. The standard InChI is InChI=1S/C17H13ClFN5O/c1-20-9-4-10-12(18)5-13(22-17(10)21-6-9)11-3-8-7-24(2)23-15(8)14(19)16(11)25/h3-7,20,25H,1-2H3. The lowest BCUT2D eigenvalue weighted by Gasteiger charge is -2.09. The van der Waals surface area contributed by atoms with Crippen molar-refractivity contribution < 1.29 is 9.50 Å². The van der Waals surface area contributed by atoms with Crippen LogP contribution in [0.1, 0.15) is 0 Å². The Morgan fingerprint density at radius 2 is 2.08 bits per heavy atom. The van der Waals surface area contributed by atoms with Crippen LogP contribution < -0.4 is 5.32 Å². The Kier molecular flexibility index (Phi) is 3.47. The molecule has 3 heterocycles. The number of aromatic nitrogens is 4. The molecule has 0 aliphatic rings. The molecule has 2 N–H and O–H groups in total. The van der Waals surface area contributed by atoms with Gasteiger partial charge in [0.25, 0.3) is 0 Å². The first-order chi connectivity index (χ1) is 12.0. The van der Waals surface area contributed by atoms with Crippen molar-refractivity contribution in [3.05, 3.63) is 41.4 Å². The van der Waals surface area contributed by atoms with E-state index in [1.54, 1.807) is 38.6 Å². The Labute approximate surface area is 146 Å². The predicted octanol–water partition coefficient (Wildman–Crippen LogP) is 3.72. The summed E-state index contributed by atoms with van der Waals surface area (Å²) >= 11 is 6.36. The zero-order valence-corrected chi connectivity index (χ0v) is 14.1. The van der Waals surface area contributed by atoms with Crippen LogP contribution in [0.25, 0.3) is 33.2 Å². The molecule has 4 rings (SSSR count). The minimum atomic E-state index is -0.787. The van der Waals surface area contributed by atoms with Crippen LogP contribution >= 0.6 is 11.6 Å². The van der Waals surface area contributed by atoms with Crippen molar-refractivity contribution in [3.8, 4) is 17.0 Å². The van der Waals surface area contributed by atoms with Crippen LogP contribution in [-0.4, -0.2) is 31.9 Å². The van der Waals surface area contributed by atoms with Gasteiger partial charge in [-0.3, -0.25) is 4.68 Å². The second-order valence-corrected chi connectivity index (χ2v) is 6.07. The molecular formula is C17H13ClFN5O. The van der Waals surface area contributed by atoms with Crippen molar-refractivity contribution in [1.82, 2.24) is 19.7 Å². The van der Waals surface area contributed by atoms with E-state index < -0.39 is 11.6 Å². The second kappa shape index (κ2) is 5.56. The molecule has 0 aliphatic heterocycles. The Hall–Kier alpha value is -2.93. The van der Waals surface area contributed by atoms with Gasteiger partial charge in [0.2, 0.25) is 0 Å². The summed E-state index contributed by atoms with van der Waals surface area (Å²) in [6, 6.07) is 5.04. The monoisotopic (exact) mass is 357 g/mol. The number of phenols is 1. The van der Waals surface area contributed by atoms with E-state index in [9.17, 15) is 9.50 Å². The number of nitrogens with one attached hydrogen (secondary N) is 1. The van der Waals surface area contributed by atoms with E-state index in [0.717, 1.165) is 5.69 Å². The summed E-state index contributed by atoms with van der Waals surface area (Å²) in [5, 5.41) is 18.9. The highest BCUT2D eigenvalue weighted by molar-refractivity contribution is 6.35. The highest BCUT2D eigenvalue weighted by Crippen LogP contribution is 2.37. The number of hydrogen-bond acceptors (Lipinski definition) is 5. The number of pyridine rings is 2. The summed E-state index contributed by atoms with van der Waals surface area (Å²) in [6.07, 6.45) is 3.29. The molecule has 8 heteroatoms. The van der Waals surface area contributed by atoms with E-state index in [-0.39, 0.29) is 11.1 Å². The van der Waals surface area contributed by atoms with Crippen LogP contribution in [0.15, 0.2) is 30.6 Å². The molecule has 1 aromatic carbocycles. The summed E-state index contributed by atoms with van der Waals surface area (Å²) in [7, 11) is 3.47. The van der Waals surface area contributed by atoms with Crippen LogP contribution in [0.3, 0.4) is 0 Å². The summed E-state index contributed by atoms with van der Waals surface area (Å²) in [4.78, 5) is 8.69. The fraction of sp³-hybridized carbons (Fsp3) is 0.118. The number of rotatable bonds is 2. The summed E-state index contributed by atoms with van der Waals surface area (Å²) in [5.41, 5.74) is 1.89. The van der Waals surface area contributed by atoms with Crippen LogP contribution in [0, 0.1) is 5.82 Å². The topological polar surface area (TPSA) is 75.9 Å². The SMILES string of the molecule is CNc1cnc2nc(-c3cc4cn(C)nc4c(F)c3O)cc(Cl)c2c1. The molecule has 126 valence electrons. The lowest BCUT2D eigenvalue weighted by atomic mass is 10.1. The van der Waals surface area contributed by atoms with Crippen LogP contribution in [0.5, 0.6) is 5.75 Å². The van der Waals surface area contributed by atoms with E-state index in [1.807, 2.05) is 6.07 Å². The zero-order valence-electron chi connectivity index (χ0n) is 13.4. The van der Waals surface area contributed by atoms with Crippen LogP contribution in [-0.2, 0) is 7.05 Å². The van der Waals surface area contributed by atoms with E-state index in [0.29, 0.717) is 27.1 Å². The number of aromatic hydroxyl groups is 1. The van der Waals surface area contributed by atoms with Crippen molar-refractivity contribution >= 4 is 39.2 Å². The number of hydrogen-bond donors (Lipinski definition) is 2. The number of halogens is 2. The normalized spacial score (nSPS) is 11.4. The molecule has 3 aromatic heterocycles. The van der Waals surface area contributed by atoms with Gasteiger partial charge >= 0.3 is 0 Å². The average Bonchev–Trinajstić information content (AvgIpc) is 2.98. The van der Waals surface area contributed by atoms with Gasteiger partial charge < -0.3 is 10.4 Å². The molecule has 0 spiro atoms. The van der Waals surface area contributed by atoms with Gasteiger partial charge in [-0.1, -0.05) is 11.6 Å². The van der Waals surface area contributed by atoms with E-state index in [2.05, 4.69) is 20.4 Å². The van der Waals surface area contributed by atoms with Crippen molar-refractivity contribution in [2.24, 2.45) is 7.05 Å². The highest BCUT2D eigenvalue weighted by Gasteiger charge is 2.18. The third kappa shape index (κ3) is 2.44. The highest BCUT2D eigenvalue weighted by atomic mass is 35.5. The summed E-state index contributed by atoms with van der Waals surface area (Å²) in [5.74, 6) is -1.30. The van der Waals surface area contributed by atoms with E-state index in [4.69, 9.17) is 11.6 Å². The van der Waals surface area contributed by atoms with Crippen LogP contribution in [0.4, 0.5) is 10.1 Å². The molecular weight excluding hydrogens is 345 g/mol. The number of anilines is 1. The van der Waals surface area contributed by atoms with Gasteiger partial charge in [-0.15, -0.1) is 0 Å². The Bertz CT molecular complexity index is 1140. The average molecular weight is 358 g/mol. The fourth-order valence-electron chi connectivity index (χ4n) is 2.77. The number of benzene rings is 1. The van der Waals surface area contributed by atoms with Gasteiger partial charge in [0.05, 0.1) is 22.6 Å². The molecule has 6 nitrogen and oxygen atoms in total. The smallest absolute Gasteiger partial charge is 0.193 e. The molecule has 0 aliphatic carbocycles. The minimum Gasteiger partial charge on any atom is -0.504 e. The molecule has 0 saturated heterocycles. The predicted molar refractivity (Wildman–Crippen MR) is 95.4 cm³/mol. The van der Waals surface area contributed by atoms with Gasteiger partial charge in [-0.25, -0.2) is 14.4 Å². The molecule has 0 fully saturated rings.